The smallest absolute Gasteiger partial charge is 0.0108 e. The van der Waals surface area contributed by atoms with Crippen LogP contribution >= 0.6 is 0 Å². The highest BCUT2D eigenvalue weighted by Crippen LogP contribution is 2.32. The van der Waals surface area contributed by atoms with Gasteiger partial charge in [0, 0.05) is 6.04 Å². The van der Waals surface area contributed by atoms with Crippen molar-refractivity contribution in [1.29, 1.82) is 0 Å². The Morgan fingerprint density at radius 2 is 1.59 bits per heavy atom. The lowest BCUT2D eigenvalue weighted by atomic mass is 9.82. The Bertz CT molecular complexity index is 644. The zero-order valence-electron chi connectivity index (χ0n) is 14.5. The van der Waals surface area contributed by atoms with Gasteiger partial charge in [-0.05, 0) is 66.6 Å². The molecule has 0 bridgehead atoms. The van der Waals surface area contributed by atoms with Crippen LogP contribution in [0.5, 0.6) is 0 Å². The molecule has 118 valence electrons. The van der Waals surface area contributed by atoms with Crippen molar-refractivity contribution in [2.24, 2.45) is 0 Å². The first-order valence-corrected chi connectivity index (χ1v) is 8.72. The fourth-order valence-electron chi connectivity index (χ4n) is 3.82. The highest BCUT2D eigenvalue weighted by molar-refractivity contribution is 5.89. The third-order valence-electron chi connectivity index (χ3n) is 5.10. The number of hydrogen-bond donors (Lipinski definition) is 0. The molecule has 1 heteroatoms. The van der Waals surface area contributed by atoms with E-state index < -0.39 is 0 Å². The van der Waals surface area contributed by atoms with Crippen LogP contribution in [0, 0.1) is 0 Å². The Labute approximate surface area is 135 Å². The van der Waals surface area contributed by atoms with E-state index in [2.05, 4.69) is 69.0 Å². The van der Waals surface area contributed by atoms with Gasteiger partial charge in [0.2, 0.25) is 0 Å². The molecular formula is C21H29N. The normalized spacial score (nSPS) is 18.0. The number of fused-ring (bicyclic) bond motifs is 1. The second-order valence-electron chi connectivity index (χ2n) is 7.86. The Morgan fingerprint density at radius 1 is 0.955 bits per heavy atom. The zero-order chi connectivity index (χ0) is 15.7. The summed E-state index contributed by atoms with van der Waals surface area (Å²) in [7, 11) is 0. The molecule has 2 aromatic carbocycles. The van der Waals surface area contributed by atoms with E-state index in [1.807, 2.05) is 0 Å². The maximum atomic E-state index is 2.65. The molecule has 0 radical (unpaired) electrons. The molecule has 0 spiro atoms. The lowest BCUT2D eigenvalue weighted by molar-refractivity contribution is 0.258. The van der Waals surface area contributed by atoms with Crippen molar-refractivity contribution in [3.63, 3.8) is 0 Å². The lowest BCUT2D eigenvalue weighted by Crippen LogP contribution is -2.31. The summed E-state index contributed by atoms with van der Waals surface area (Å²) < 4.78 is 0. The van der Waals surface area contributed by atoms with Gasteiger partial charge in [0.05, 0.1) is 0 Å². The minimum Gasteiger partial charge on any atom is -0.300 e. The summed E-state index contributed by atoms with van der Waals surface area (Å²) in [6.45, 7) is 11.9. The Balaban J connectivity index is 1.97. The van der Waals surface area contributed by atoms with Crippen LogP contribution in [0.1, 0.15) is 51.7 Å². The van der Waals surface area contributed by atoms with Gasteiger partial charge in [-0.2, -0.15) is 0 Å². The molecule has 1 atom stereocenters. The molecule has 0 saturated carbocycles. The molecule has 0 aliphatic carbocycles. The molecular weight excluding hydrogens is 266 g/mol. The van der Waals surface area contributed by atoms with Gasteiger partial charge in [-0.1, -0.05) is 57.2 Å². The molecule has 1 unspecified atom stereocenters. The Kier molecular flexibility index (Phi) is 4.27. The second-order valence-corrected chi connectivity index (χ2v) is 7.86. The zero-order valence-corrected chi connectivity index (χ0v) is 14.5. The molecule has 1 aliphatic heterocycles. The average molecular weight is 295 g/mol. The molecule has 1 fully saturated rings. The van der Waals surface area contributed by atoms with Gasteiger partial charge in [0.25, 0.3) is 0 Å². The number of likely N-dealkylation sites (tertiary alicyclic amines) is 1. The molecule has 22 heavy (non-hydrogen) atoms. The highest BCUT2D eigenvalue weighted by atomic mass is 15.2. The van der Waals surface area contributed by atoms with Crippen molar-refractivity contribution in [1.82, 2.24) is 4.90 Å². The van der Waals surface area contributed by atoms with Crippen LogP contribution in [-0.4, -0.2) is 24.0 Å². The Morgan fingerprint density at radius 3 is 2.23 bits per heavy atom. The van der Waals surface area contributed by atoms with Crippen LogP contribution in [0.25, 0.3) is 10.8 Å². The van der Waals surface area contributed by atoms with E-state index in [1.54, 1.807) is 0 Å². The van der Waals surface area contributed by atoms with Gasteiger partial charge >= 0.3 is 0 Å². The first-order valence-electron chi connectivity index (χ1n) is 8.72. The average Bonchev–Trinajstić information content (AvgIpc) is 3.00. The fraction of sp³-hybridized carbons (Fsp3) is 0.524. The molecule has 1 nitrogen and oxygen atoms in total. The quantitative estimate of drug-likeness (QED) is 0.755. The van der Waals surface area contributed by atoms with Crippen LogP contribution in [0.3, 0.4) is 0 Å². The monoisotopic (exact) mass is 295 g/mol. The van der Waals surface area contributed by atoms with Gasteiger partial charge < -0.3 is 4.90 Å². The first kappa shape index (κ1) is 15.6. The standard InChI is InChI=1S/C21H29N/c1-16(22-13-7-8-14-22)15-17-11-12-20(21(2,3)4)19-10-6-5-9-18(17)19/h5-6,9-12,16H,7-8,13-15H2,1-4H3. The van der Waals surface area contributed by atoms with Gasteiger partial charge in [-0.25, -0.2) is 0 Å². The van der Waals surface area contributed by atoms with Crippen LogP contribution in [-0.2, 0) is 11.8 Å². The molecule has 0 N–H and O–H groups in total. The molecule has 1 saturated heterocycles. The van der Waals surface area contributed by atoms with Crippen LogP contribution in [0.15, 0.2) is 36.4 Å². The fourth-order valence-corrected chi connectivity index (χ4v) is 3.82. The number of hydrogen-bond acceptors (Lipinski definition) is 1. The minimum absolute atomic E-state index is 0.193. The number of rotatable bonds is 3. The maximum absolute atomic E-state index is 2.65. The van der Waals surface area contributed by atoms with E-state index in [-0.39, 0.29) is 5.41 Å². The first-order chi connectivity index (χ1) is 10.5. The topological polar surface area (TPSA) is 3.24 Å². The van der Waals surface area contributed by atoms with Gasteiger partial charge in [0.15, 0.2) is 0 Å². The van der Waals surface area contributed by atoms with Crippen molar-refractivity contribution in [2.45, 2.75) is 58.4 Å². The summed E-state index contributed by atoms with van der Waals surface area (Å²) in [5.41, 5.74) is 3.15. The maximum Gasteiger partial charge on any atom is 0.0108 e. The van der Waals surface area contributed by atoms with E-state index >= 15 is 0 Å². The van der Waals surface area contributed by atoms with E-state index in [0.29, 0.717) is 6.04 Å². The SMILES string of the molecule is CC(Cc1ccc(C(C)(C)C)c2ccccc12)N1CCCC1. The summed E-state index contributed by atoms with van der Waals surface area (Å²) in [5, 5.41) is 2.88. The molecule has 2 aromatic rings. The minimum atomic E-state index is 0.193. The summed E-state index contributed by atoms with van der Waals surface area (Å²) in [6, 6.07) is 14.3. The van der Waals surface area contributed by atoms with Crippen molar-refractivity contribution < 1.29 is 0 Å². The predicted molar refractivity (Wildman–Crippen MR) is 96.6 cm³/mol. The van der Waals surface area contributed by atoms with Crippen molar-refractivity contribution >= 4 is 10.8 Å². The molecule has 0 aromatic heterocycles. The molecule has 1 aliphatic rings. The largest absolute Gasteiger partial charge is 0.300 e. The van der Waals surface area contributed by atoms with Crippen molar-refractivity contribution in [3.05, 3.63) is 47.5 Å². The third kappa shape index (κ3) is 3.05. The van der Waals surface area contributed by atoms with Crippen molar-refractivity contribution in [2.75, 3.05) is 13.1 Å². The van der Waals surface area contributed by atoms with Crippen LogP contribution in [0.2, 0.25) is 0 Å². The molecule has 3 rings (SSSR count). The van der Waals surface area contributed by atoms with Crippen LogP contribution < -0.4 is 0 Å². The van der Waals surface area contributed by atoms with E-state index in [4.69, 9.17) is 0 Å². The van der Waals surface area contributed by atoms with E-state index in [9.17, 15) is 0 Å². The summed E-state index contributed by atoms with van der Waals surface area (Å²) in [6.07, 6.45) is 3.90. The third-order valence-corrected chi connectivity index (χ3v) is 5.10. The summed E-state index contributed by atoms with van der Waals surface area (Å²) in [5.74, 6) is 0. The van der Waals surface area contributed by atoms with E-state index in [0.717, 1.165) is 6.42 Å². The number of benzene rings is 2. The van der Waals surface area contributed by atoms with Gasteiger partial charge in [-0.15, -0.1) is 0 Å². The second kappa shape index (κ2) is 6.04. The van der Waals surface area contributed by atoms with Gasteiger partial charge in [0.1, 0.15) is 0 Å². The van der Waals surface area contributed by atoms with E-state index in [1.165, 1.54) is 47.8 Å². The Hall–Kier alpha value is -1.34. The molecule has 1 heterocycles. The molecule has 0 amide bonds. The van der Waals surface area contributed by atoms with Crippen LogP contribution in [0.4, 0.5) is 0 Å². The lowest BCUT2D eigenvalue weighted by Gasteiger charge is -2.26. The summed E-state index contributed by atoms with van der Waals surface area (Å²) >= 11 is 0. The van der Waals surface area contributed by atoms with Gasteiger partial charge in [-0.3, -0.25) is 0 Å². The van der Waals surface area contributed by atoms with Crippen molar-refractivity contribution in [3.8, 4) is 0 Å². The summed E-state index contributed by atoms with van der Waals surface area (Å²) in [4.78, 5) is 2.65. The number of nitrogens with zero attached hydrogens (tertiary/aromatic N) is 1. The highest BCUT2D eigenvalue weighted by Gasteiger charge is 2.21. The predicted octanol–water partition coefficient (Wildman–Crippen LogP) is 5.16.